The summed E-state index contributed by atoms with van der Waals surface area (Å²) in [4.78, 5) is 51.0. The van der Waals surface area contributed by atoms with Crippen molar-refractivity contribution >= 4 is 34.5 Å². The van der Waals surface area contributed by atoms with Crippen LogP contribution in [0.2, 0.25) is 0 Å². The van der Waals surface area contributed by atoms with Gasteiger partial charge in [0.25, 0.3) is 17.7 Å². The maximum Gasteiger partial charge on any atom is 0.287 e. The fourth-order valence-electron chi connectivity index (χ4n) is 7.52. The summed E-state index contributed by atoms with van der Waals surface area (Å²) < 4.78 is 1.51. The fraction of sp³-hybridized carbons (Fsp3) is 0.194. The molecule has 2 aliphatic carbocycles. The first-order chi connectivity index (χ1) is 22.8. The average Bonchev–Trinajstić information content (AvgIpc) is 3.80. The highest BCUT2D eigenvalue weighted by molar-refractivity contribution is 6.22. The number of hydrogen-bond donors (Lipinski definition) is 2. The lowest BCUT2D eigenvalue weighted by Crippen LogP contribution is -2.65. The summed E-state index contributed by atoms with van der Waals surface area (Å²) >= 11 is 0. The van der Waals surface area contributed by atoms with Crippen molar-refractivity contribution in [1.29, 1.82) is 0 Å². The van der Waals surface area contributed by atoms with Crippen LogP contribution in [-0.4, -0.2) is 57.9 Å². The standard InChI is InChI=1S/C36H27N7O4/c37-30(44)32-41-40-27-17-16-26-31(42(27)32)39-29(20-6-2-1-3-7-20)28(38-26)21-10-12-22(13-11-21)35(18-36(47,19-35)23-14-15-23)43-33(45)24-8-4-5-9-25(24)34(43)46/h1-13,16-17,23,47H,14-15,18-19H2,(H2,37,44). The van der Waals surface area contributed by atoms with E-state index in [4.69, 9.17) is 15.7 Å². The van der Waals surface area contributed by atoms with Gasteiger partial charge in [0.15, 0.2) is 11.3 Å². The van der Waals surface area contributed by atoms with E-state index in [1.54, 1.807) is 36.4 Å². The van der Waals surface area contributed by atoms with Crippen LogP contribution in [0.25, 0.3) is 39.3 Å². The lowest BCUT2D eigenvalue weighted by molar-refractivity contribution is -0.143. The molecule has 3 N–H and O–H groups in total. The molecule has 0 unspecified atom stereocenters. The number of hydrogen-bond acceptors (Lipinski definition) is 8. The van der Waals surface area contributed by atoms with Gasteiger partial charge >= 0.3 is 0 Å². The maximum atomic E-state index is 13.7. The van der Waals surface area contributed by atoms with Crippen molar-refractivity contribution in [3.8, 4) is 22.5 Å². The number of primary amides is 1. The van der Waals surface area contributed by atoms with Crippen LogP contribution in [-0.2, 0) is 5.54 Å². The van der Waals surface area contributed by atoms with Crippen LogP contribution in [0.4, 0.5) is 0 Å². The average molecular weight is 622 g/mol. The van der Waals surface area contributed by atoms with Gasteiger partial charge in [-0.1, -0.05) is 66.7 Å². The molecule has 2 saturated carbocycles. The van der Waals surface area contributed by atoms with E-state index in [2.05, 4.69) is 10.2 Å². The number of carbonyl (C=O) groups is 3. The molecule has 6 aromatic rings. The predicted octanol–water partition coefficient (Wildman–Crippen LogP) is 4.53. The number of aliphatic hydroxyl groups is 1. The number of benzene rings is 3. The Bertz CT molecular complexity index is 2270. The number of rotatable bonds is 6. The minimum atomic E-state index is -0.981. The van der Waals surface area contributed by atoms with Crippen molar-refractivity contribution in [1.82, 2.24) is 29.5 Å². The first-order valence-electron chi connectivity index (χ1n) is 15.5. The molecule has 1 aliphatic heterocycles. The highest BCUT2D eigenvalue weighted by atomic mass is 16.3. The van der Waals surface area contributed by atoms with Crippen LogP contribution in [0.5, 0.6) is 0 Å². The van der Waals surface area contributed by atoms with Gasteiger partial charge in [0.2, 0.25) is 5.82 Å². The molecule has 11 heteroatoms. The Balaban J connectivity index is 1.18. The lowest BCUT2D eigenvalue weighted by Gasteiger charge is -2.57. The topological polar surface area (TPSA) is 157 Å². The van der Waals surface area contributed by atoms with Gasteiger partial charge in [-0.05, 0) is 48.6 Å². The van der Waals surface area contributed by atoms with Crippen LogP contribution in [0.3, 0.4) is 0 Å². The number of pyridine rings is 1. The minimum Gasteiger partial charge on any atom is -0.389 e. The van der Waals surface area contributed by atoms with Crippen LogP contribution in [0.1, 0.15) is 62.6 Å². The summed E-state index contributed by atoms with van der Waals surface area (Å²) in [6, 6.07) is 27.6. The summed E-state index contributed by atoms with van der Waals surface area (Å²) in [6.07, 6.45) is 2.47. The van der Waals surface area contributed by atoms with Crippen LogP contribution in [0.15, 0.2) is 91.0 Å². The van der Waals surface area contributed by atoms with Crippen molar-refractivity contribution in [3.05, 3.63) is 114 Å². The lowest BCUT2D eigenvalue weighted by atomic mass is 9.58. The molecule has 0 atom stereocenters. The maximum absolute atomic E-state index is 13.7. The van der Waals surface area contributed by atoms with Gasteiger partial charge in [-0.15, -0.1) is 10.2 Å². The van der Waals surface area contributed by atoms with Crippen LogP contribution in [0, 0.1) is 5.92 Å². The van der Waals surface area contributed by atoms with Gasteiger partial charge in [-0.25, -0.2) is 9.97 Å². The van der Waals surface area contributed by atoms with E-state index in [0.29, 0.717) is 39.3 Å². The molecular formula is C36H27N7O4. The van der Waals surface area contributed by atoms with Gasteiger partial charge in [-0.2, -0.15) is 0 Å². The van der Waals surface area contributed by atoms with Crippen LogP contribution >= 0.6 is 0 Å². The summed E-state index contributed by atoms with van der Waals surface area (Å²) in [7, 11) is 0. The fourth-order valence-corrected chi connectivity index (χ4v) is 7.52. The molecule has 0 saturated heterocycles. The number of nitrogens with zero attached hydrogens (tertiary/aromatic N) is 6. The molecule has 0 radical (unpaired) electrons. The molecule has 3 aliphatic rings. The largest absolute Gasteiger partial charge is 0.389 e. The zero-order valence-electron chi connectivity index (χ0n) is 25.0. The van der Waals surface area contributed by atoms with E-state index >= 15 is 0 Å². The van der Waals surface area contributed by atoms with E-state index in [0.717, 1.165) is 29.5 Å². The zero-order valence-corrected chi connectivity index (χ0v) is 25.0. The minimum absolute atomic E-state index is 0.0406. The highest BCUT2D eigenvalue weighted by Crippen LogP contribution is 2.61. The number of imide groups is 1. The van der Waals surface area contributed by atoms with Crippen molar-refractivity contribution < 1.29 is 19.5 Å². The van der Waals surface area contributed by atoms with Crippen molar-refractivity contribution in [2.45, 2.75) is 36.8 Å². The Morgan fingerprint density at radius 2 is 1.38 bits per heavy atom. The molecule has 3 aromatic heterocycles. The Kier molecular flexibility index (Phi) is 5.62. The van der Waals surface area contributed by atoms with Crippen molar-refractivity contribution in [2.75, 3.05) is 0 Å². The van der Waals surface area contributed by atoms with Gasteiger partial charge in [0.05, 0.1) is 33.7 Å². The number of nitrogens with two attached hydrogens (primary N) is 1. The molecule has 47 heavy (non-hydrogen) atoms. The smallest absolute Gasteiger partial charge is 0.287 e. The molecule has 230 valence electrons. The van der Waals surface area contributed by atoms with E-state index < -0.39 is 17.0 Å². The molecule has 3 amide bonds. The molecule has 2 fully saturated rings. The second-order valence-electron chi connectivity index (χ2n) is 12.7. The Morgan fingerprint density at radius 3 is 2.02 bits per heavy atom. The number of amides is 3. The first kappa shape index (κ1) is 27.5. The summed E-state index contributed by atoms with van der Waals surface area (Å²) in [5, 5.41) is 19.5. The van der Waals surface area contributed by atoms with E-state index in [1.807, 2.05) is 54.6 Å². The van der Waals surface area contributed by atoms with Crippen molar-refractivity contribution in [2.24, 2.45) is 11.7 Å². The van der Waals surface area contributed by atoms with Crippen molar-refractivity contribution in [3.63, 3.8) is 0 Å². The summed E-state index contributed by atoms with van der Waals surface area (Å²) in [6.45, 7) is 0. The molecular weight excluding hydrogens is 594 g/mol. The number of fused-ring (bicyclic) bond motifs is 4. The van der Waals surface area contributed by atoms with Gasteiger partial charge < -0.3 is 10.8 Å². The van der Waals surface area contributed by atoms with E-state index in [1.165, 1.54) is 9.30 Å². The number of carbonyl (C=O) groups excluding carboxylic acids is 3. The third-order valence-electron chi connectivity index (χ3n) is 9.91. The number of aromatic nitrogens is 5. The van der Waals surface area contributed by atoms with Gasteiger partial charge in [-0.3, -0.25) is 23.7 Å². The molecule has 3 aromatic carbocycles. The predicted molar refractivity (Wildman–Crippen MR) is 171 cm³/mol. The first-order valence-corrected chi connectivity index (χ1v) is 15.5. The second kappa shape index (κ2) is 9.60. The Morgan fingerprint density at radius 1 is 0.766 bits per heavy atom. The van der Waals surface area contributed by atoms with E-state index in [-0.39, 0.29) is 36.4 Å². The normalized spacial score (nSPS) is 22.1. The molecule has 9 rings (SSSR count). The third kappa shape index (κ3) is 3.93. The quantitative estimate of drug-likeness (QED) is 0.257. The zero-order chi connectivity index (χ0) is 32.1. The van der Waals surface area contributed by atoms with Crippen LogP contribution < -0.4 is 5.73 Å². The van der Waals surface area contributed by atoms with Gasteiger partial charge in [0, 0.05) is 24.0 Å². The summed E-state index contributed by atoms with van der Waals surface area (Å²) in [5.41, 5.74) is 9.30. The highest BCUT2D eigenvalue weighted by Gasteiger charge is 2.66. The molecule has 0 bridgehead atoms. The monoisotopic (exact) mass is 621 g/mol. The summed E-state index contributed by atoms with van der Waals surface area (Å²) in [5.74, 6) is -1.27. The third-order valence-corrected chi connectivity index (χ3v) is 9.91. The Hall–Kier alpha value is -5.81. The SMILES string of the molecule is NC(=O)c1nnc2ccc3nc(-c4ccc(C5(N6C(=O)c7ccccc7C6=O)CC(O)(C6CC6)C5)cc4)c(-c4ccccc4)nc3n12. The molecule has 4 heterocycles. The second-order valence-corrected chi connectivity index (χ2v) is 12.7. The van der Waals surface area contributed by atoms with Gasteiger partial charge in [0.1, 0.15) is 5.52 Å². The Labute approximate surface area is 267 Å². The molecule has 0 spiro atoms. The molecule has 11 nitrogen and oxygen atoms in total. The van der Waals surface area contributed by atoms with E-state index in [9.17, 15) is 19.5 Å².